The Morgan fingerprint density at radius 1 is 1.24 bits per heavy atom. The molecule has 130 valence electrons. The molecule has 0 fully saturated rings. The standard InChI is InChI=1S/C19H22N4O2/c1-14(24)22(2)9-10-23(3)18-12-20-13-19(21-18)25-17-8-7-15-5-4-6-16(15)11-17/h4-5,7-8,11-13H,6,9-10H2,1-3H3. The number of carbonyl (C=O) groups excluding carboxylic acids is 1. The van der Waals surface area contributed by atoms with Crippen LogP contribution in [0.1, 0.15) is 18.1 Å². The molecule has 1 aliphatic carbocycles. The Kier molecular flexibility index (Phi) is 4.97. The molecule has 25 heavy (non-hydrogen) atoms. The molecule has 0 unspecified atom stereocenters. The van der Waals surface area contributed by atoms with Crippen molar-refractivity contribution in [3.05, 3.63) is 47.8 Å². The second-order valence-corrected chi connectivity index (χ2v) is 6.15. The van der Waals surface area contributed by atoms with Gasteiger partial charge in [0.1, 0.15) is 5.75 Å². The Bertz CT molecular complexity index is 804. The van der Waals surface area contributed by atoms with Gasteiger partial charge in [0.25, 0.3) is 0 Å². The van der Waals surface area contributed by atoms with Crippen molar-refractivity contribution in [3.63, 3.8) is 0 Å². The number of hydrogen-bond acceptors (Lipinski definition) is 5. The SMILES string of the molecule is CC(=O)N(C)CCN(C)c1cncc(Oc2ccc3c(c2)CC=C3)n1. The maximum atomic E-state index is 11.3. The first-order valence-corrected chi connectivity index (χ1v) is 8.25. The number of anilines is 1. The normalized spacial score (nSPS) is 12.0. The van der Waals surface area contributed by atoms with Crippen LogP contribution in [0.4, 0.5) is 5.82 Å². The van der Waals surface area contributed by atoms with E-state index in [1.807, 2.05) is 24.1 Å². The molecule has 1 aromatic carbocycles. The maximum Gasteiger partial charge on any atom is 0.239 e. The lowest BCUT2D eigenvalue weighted by Gasteiger charge is -2.22. The zero-order chi connectivity index (χ0) is 17.8. The highest BCUT2D eigenvalue weighted by Crippen LogP contribution is 2.27. The van der Waals surface area contributed by atoms with Gasteiger partial charge in [0.05, 0.1) is 12.4 Å². The van der Waals surface area contributed by atoms with E-state index in [4.69, 9.17) is 4.74 Å². The van der Waals surface area contributed by atoms with Gasteiger partial charge >= 0.3 is 0 Å². The lowest BCUT2D eigenvalue weighted by molar-refractivity contribution is -0.127. The van der Waals surface area contributed by atoms with Gasteiger partial charge in [0.15, 0.2) is 5.82 Å². The van der Waals surface area contributed by atoms with E-state index in [1.165, 1.54) is 11.1 Å². The van der Waals surface area contributed by atoms with Gasteiger partial charge in [-0.15, -0.1) is 0 Å². The van der Waals surface area contributed by atoms with Gasteiger partial charge in [0.2, 0.25) is 11.8 Å². The summed E-state index contributed by atoms with van der Waals surface area (Å²) in [7, 11) is 3.70. The second kappa shape index (κ2) is 7.34. The van der Waals surface area contributed by atoms with Crippen LogP contribution in [0.2, 0.25) is 0 Å². The van der Waals surface area contributed by atoms with E-state index in [2.05, 4.69) is 28.2 Å². The topological polar surface area (TPSA) is 58.6 Å². The van der Waals surface area contributed by atoms with Crippen LogP contribution in [0.25, 0.3) is 6.08 Å². The summed E-state index contributed by atoms with van der Waals surface area (Å²) in [5.41, 5.74) is 2.49. The molecule has 0 aliphatic heterocycles. The highest BCUT2D eigenvalue weighted by molar-refractivity contribution is 5.72. The van der Waals surface area contributed by atoms with Crippen molar-refractivity contribution in [1.82, 2.24) is 14.9 Å². The molecule has 0 radical (unpaired) electrons. The molecule has 6 nitrogen and oxygen atoms in total. The molecule has 0 N–H and O–H groups in total. The van der Waals surface area contributed by atoms with Crippen LogP contribution in [0.15, 0.2) is 36.7 Å². The zero-order valence-electron chi connectivity index (χ0n) is 14.8. The average Bonchev–Trinajstić information content (AvgIpc) is 3.07. The Morgan fingerprint density at radius 3 is 2.88 bits per heavy atom. The van der Waals surface area contributed by atoms with Crippen LogP contribution in [-0.2, 0) is 11.2 Å². The first-order valence-electron chi connectivity index (χ1n) is 8.25. The molecule has 0 spiro atoms. The summed E-state index contributed by atoms with van der Waals surface area (Å²) in [5, 5.41) is 0. The molecule has 1 aliphatic rings. The van der Waals surface area contributed by atoms with Crippen molar-refractivity contribution in [3.8, 4) is 11.6 Å². The summed E-state index contributed by atoms with van der Waals surface area (Å²) >= 11 is 0. The van der Waals surface area contributed by atoms with Gasteiger partial charge in [-0.1, -0.05) is 18.2 Å². The van der Waals surface area contributed by atoms with E-state index in [-0.39, 0.29) is 5.91 Å². The van der Waals surface area contributed by atoms with E-state index in [0.29, 0.717) is 24.8 Å². The Labute approximate surface area is 147 Å². The van der Waals surface area contributed by atoms with Gasteiger partial charge in [0, 0.05) is 34.1 Å². The number of amides is 1. The van der Waals surface area contributed by atoms with E-state index >= 15 is 0 Å². The lowest BCUT2D eigenvalue weighted by Crippen LogP contribution is -2.33. The molecular weight excluding hydrogens is 316 g/mol. The first kappa shape index (κ1) is 17.0. The number of allylic oxidation sites excluding steroid dienone is 1. The fraction of sp³-hybridized carbons (Fsp3) is 0.316. The maximum absolute atomic E-state index is 11.3. The number of benzene rings is 1. The average molecular weight is 338 g/mol. The van der Waals surface area contributed by atoms with Gasteiger partial charge in [-0.3, -0.25) is 9.78 Å². The number of ether oxygens (including phenoxy) is 1. The third-order valence-electron chi connectivity index (χ3n) is 4.27. The molecule has 0 saturated carbocycles. The van der Waals surface area contributed by atoms with Crippen molar-refractivity contribution >= 4 is 17.8 Å². The fourth-order valence-corrected chi connectivity index (χ4v) is 2.56. The molecule has 1 heterocycles. The number of nitrogens with zero attached hydrogens (tertiary/aromatic N) is 4. The van der Waals surface area contributed by atoms with Crippen LogP contribution >= 0.6 is 0 Å². The van der Waals surface area contributed by atoms with Gasteiger partial charge in [-0.2, -0.15) is 4.98 Å². The first-order chi connectivity index (χ1) is 12.0. The molecular formula is C19H22N4O2. The smallest absolute Gasteiger partial charge is 0.239 e. The fourth-order valence-electron chi connectivity index (χ4n) is 2.56. The minimum absolute atomic E-state index is 0.0441. The third kappa shape index (κ3) is 4.15. The van der Waals surface area contributed by atoms with Gasteiger partial charge in [-0.05, 0) is 29.7 Å². The molecule has 3 rings (SSSR count). The molecule has 1 amide bonds. The minimum Gasteiger partial charge on any atom is -0.437 e. The van der Waals surface area contributed by atoms with Crippen LogP contribution in [0.3, 0.4) is 0 Å². The summed E-state index contributed by atoms with van der Waals surface area (Å²) in [6.07, 6.45) is 8.48. The number of hydrogen-bond donors (Lipinski definition) is 0. The second-order valence-electron chi connectivity index (χ2n) is 6.15. The molecule has 0 bridgehead atoms. The lowest BCUT2D eigenvalue weighted by atomic mass is 10.1. The monoisotopic (exact) mass is 338 g/mol. The van der Waals surface area contributed by atoms with E-state index < -0.39 is 0 Å². The van der Waals surface area contributed by atoms with E-state index in [9.17, 15) is 4.79 Å². The highest BCUT2D eigenvalue weighted by atomic mass is 16.5. The summed E-state index contributed by atoms with van der Waals surface area (Å²) < 4.78 is 5.87. The third-order valence-corrected chi connectivity index (χ3v) is 4.27. The summed E-state index contributed by atoms with van der Waals surface area (Å²) in [4.78, 5) is 23.6. The van der Waals surface area contributed by atoms with Crippen LogP contribution in [0, 0.1) is 0 Å². The van der Waals surface area contributed by atoms with Gasteiger partial charge in [-0.25, -0.2) is 0 Å². The number of aromatic nitrogens is 2. The zero-order valence-corrected chi connectivity index (χ0v) is 14.8. The van der Waals surface area contributed by atoms with Gasteiger partial charge < -0.3 is 14.5 Å². The quantitative estimate of drug-likeness (QED) is 0.810. The summed E-state index contributed by atoms with van der Waals surface area (Å²) in [5.74, 6) is 1.96. The highest BCUT2D eigenvalue weighted by Gasteiger charge is 2.10. The molecule has 0 saturated heterocycles. The summed E-state index contributed by atoms with van der Waals surface area (Å²) in [6.45, 7) is 2.84. The largest absolute Gasteiger partial charge is 0.437 e. The van der Waals surface area contributed by atoms with Crippen molar-refractivity contribution in [2.75, 3.05) is 32.1 Å². The number of rotatable bonds is 6. The van der Waals surface area contributed by atoms with E-state index in [1.54, 1.807) is 31.3 Å². The van der Waals surface area contributed by atoms with E-state index in [0.717, 1.165) is 12.2 Å². The van der Waals surface area contributed by atoms with Crippen molar-refractivity contribution in [2.24, 2.45) is 0 Å². The Balaban J connectivity index is 1.66. The van der Waals surface area contributed by atoms with Crippen LogP contribution in [0.5, 0.6) is 11.6 Å². The number of likely N-dealkylation sites (N-methyl/N-ethyl adjacent to an activating group) is 2. The van der Waals surface area contributed by atoms with Crippen molar-refractivity contribution < 1.29 is 9.53 Å². The minimum atomic E-state index is 0.0441. The van der Waals surface area contributed by atoms with Crippen molar-refractivity contribution in [2.45, 2.75) is 13.3 Å². The predicted molar refractivity (Wildman–Crippen MR) is 97.9 cm³/mol. The Morgan fingerprint density at radius 2 is 2.08 bits per heavy atom. The molecule has 6 heteroatoms. The summed E-state index contributed by atoms with van der Waals surface area (Å²) in [6, 6.07) is 6.03. The van der Waals surface area contributed by atoms with Crippen LogP contribution in [-0.4, -0.2) is 48.0 Å². The molecule has 0 atom stereocenters. The Hall–Kier alpha value is -2.89. The van der Waals surface area contributed by atoms with Crippen LogP contribution < -0.4 is 9.64 Å². The van der Waals surface area contributed by atoms with Crippen molar-refractivity contribution in [1.29, 1.82) is 0 Å². The number of carbonyl (C=O) groups is 1. The predicted octanol–water partition coefficient (Wildman–Crippen LogP) is 2.75. The number of fused-ring (bicyclic) bond motifs is 1. The molecule has 2 aromatic rings. The molecule has 1 aromatic heterocycles.